The molecular formula is C14H11FN2O2. The normalized spacial score (nSPS) is 10.8. The molecule has 0 bridgehead atoms. The Morgan fingerprint density at radius 1 is 1.21 bits per heavy atom. The lowest BCUT2D eigenvalue weighted by Gasteiger charge is -2.03. The third kappa shape index (κ3) is 2.70. The molecule has 0 unspecified atom stereocenters. The molecule has 19 heavy (non-hydrogen) atoms. The predicted octanol–water partition coefficient (Wildman–Crippen LogP) is 2.98. The minimum atomic E-state index is -0.423. The highest BCUT2D eigenvalue weighted by molar-refractivity contribution is 5.67. The van der Waals surface area contributed by atoms with Crippen molar-refractivity contribution in [2.45, 2.75) is 6.42 Å². The maximum Gasteiger partial charge on any atom is 0.247 e. The Labute approximate surface area is 108 Å². The second-order valence-corrected chi connectivity index (χ2v) is 4.00. The van der Waals surface area contributed by atoms with Crippen LogP contribution in [0.2, 0.25) is 0 Å². The molecule has 5 heteroatoms. The number of hydrogen-bond acceptors (Lipinski definition) is 4. The maximum absolute atomic E-state index is 13.0. The first kappa shape index (κ1) is 11.6. The first-order valence-corrected chi connectivity index (χ1v) is 5.90. The van der Waals surface area contributed by atoms with Crippen molar-refractivity contribution in [2.24, 2.45) is 0 Å². The Morgan fingerprint density at radius 2 is 2.05 bits per heavy atom. The summed E-state index contributed by atoms with van der Waals surface area (Å²) in [6.45, 7) is 0.444. The van der Waals surface area contributed by atoms with Gasteiger partial charge in [0.1, 0.15) is 17.1 Å². The lowest BCUT2D eigenvalue weighted by atomic mass is 10.3. The Kier molecular flexibility index (Phi) is 3.10. The molecule has 4 nitrogen and oxygen atoms in total. The number of hydrogen-bond donors (Lipinski definition) is 0. The van der Waals surface area contributed by atoms with Crippen LogP contribution in [0.15, 0.2) is 47.0 Å². The standard InChI is InChI=1S/C14H11FN2O2/c15-10-8-12-14(16-9-10)19-13(17-12)6-7-18-11-4-2-1-3-5-11/h1-5,8-9H,6-7H2. The van der Waals surface area contributed by atoms with Crippen molar-refractivity contribution < 1.29 is 13.5 Å². The molecule has 0 amide bonds. The predicted molar refractivity (Wildman–Crippen MR) is 67.4 cm³/mol. The number of aromatic nitrogens is 2. The van der Waals surface area contributed by atoms with Crippen molar-refractivity contribution in [3.05, 3.63) is 54.3 Å². The highest BCUT2D eigenvalue weighted by atomic mass is 19.1. The minimum absolute atomic E-state index is 0.344. The van der Waals surface area contributed by atoms with E-state index < -0.39 is 5.82 Å². The number of pyridine rings is 1. The molecule has 0 aliphatic carbocycles. The smallest absolute Gasteiger partial charge is 0.247 e. The van der Waals surface area contributed by atoms with Crippen molar-refractivity contribution in [2.75, 3.05) is 6.61 Å². The average molecular weight is 258 g/mol. The number of nitrogens with zero attached hydrogens (tertiary/aromatic N) is 2. The lowest BCUT2D eigenvalue weighted by molar-refractivity contribution is 0.308. The largest absolute Gasteiger partial charge is 0.493 e. The van der Waals surface area contributed by atoms with Gasteiger partial charge in [0.2, 0.25) is 11.6 Å². The number of halogens is 1. The quantitative estimate of drug-likeness (QED) is 0.721. The molecule has 3 rings (SSSR count). The maximum atomic E-state index is 13.0. The molecule has 3 aromatic rings. The summed E-state index contributed by atoms with van der Waals surface area (Å²) in [6, 6.07) is 10.8. The Balaban J connectivity index is 1.65. The van der Waals surface area contributed by atoms with E-state index in [1.165, 1.54) is 6.07 Å². The fourth-order valence-corrected chi connectivity index (χ4v) is 1.72. The number of fused-ring (bicyclic) bond motifs is 1. The summed E-state index contributed by atoms with van der Waals surface area (Å²) < 4.78 is 23.9. The molecule has 0 saturated heterocycles. The van der Waals surface area contributed by atoms with E-state index in [0.717, 1.165) is 11.9 Å². The second-order valence-electron chi connectivity index (χ2n) is 4.00. The van der Waals surface area contributed by atoms with Crippen LogP contribution in [-0.2, 0) is 6.42 Å². The molecular weight excluding hydrogens is 247 g/mol. The van der Waals surface area contributed by atoms with Crippen LogP contribution in [0.3, 0.4) is 0 Å². The molecule has 0 aliphatic rings. The Hall–Kier alpha value is -2.43. The van der Waals surface area contributed by atoms with Crippen LogP contribution in [-0.4, -0.2) is 16.6 Å². The molecule has 0 spiro atoms. The van der Waals surface area contributed by atoms with E-state index in [-0.39, 0.29) is 0 Å². The van der Waals surface area contributed by atoms with Crippen LogP contribution < -0.4 is 4.74 Å². The zero-order valence-corrected chi connectivity index (χ0v) is 10.0. The van der Waals surface area contributed by atoms with Gasteiger partial charge < -0.3 is 9.15 Å². The summed E-state index contributed by atoms with van der Waals surface area (Å²) in [5, 5.41) is 0. The molecule has 1 aromatic carbocycles. The van der Waals surface area contributed by atoms with Crippen molar-refractivity contribution in [3.8, 4) is 5.75 Å². The third-order valence-electron chi connectivity index (χ3n) is 2.59. The minimum Gasteiger partial charge on any atom is -0.493 e. The van der Waals surface area contributed by atoms with E-state index in [1.807, 2.05) is 30.3 Å². The third-order valence-corrected chi connectivity index (χ3v) is 2.59. The number of oxazole rings is 1. The number of para-hydroxylation sites is 1. The van der Waals surface area contributed by atoms with Crippen molar-refractivity contribution in [1.82, 2.24) is 9.97 Å². The molecule has 96 valence electrons. The van der Waals surface area contributed by atoms with Crippen LogP contribution in [0, 0.1) is 5.82 Å². The van der Waals surface area contributed by atoms with Crippen molar-refractivity contribution >= 4 is 11.2 Å². The van der Waals surface area contributed by atoms with Gasteiger partial charge in [-0.3, -0.25) is 0 Å². The SMILES string of the molecule is Fc1cnc2oc(CCOc3ccccc3)nc2c1. The van der Waals surface area contributed by atoms with Gasteiger partial charge in [0.05, 0.1) is 19.2 Å². The highest BCUT2D eigenvalue weighted by Gasteiger charge is 2.07. The summed E-state index contributed by atoms with van der Waals surface area (Å²) in [6.07, 6.45) is 1.62. The molecule has 2 heterocycles. The zero-order chi connectivity index (χ0) is 13.1. The summed E-state index contributed by atoms with van der Waals surface area (Å²) in [7, 11) is 0. The molecule has 0 N–H and O–H groups in total. The molecule has 0 saturated carbocycles. The van der Waals surface area contributed by atoms with Crippen molar-refractivity contribution in [1.29, 1.82) is 0 Å². The number of rotatable bonds is 4. The van der Waals surface area contributed by atoms with E-state index in [9.17, 15) is 4.39 Å². The van der Waals surface area contributed by atoms with Gasteiger partial charge in [-0.1, -0.05) is 18.2 Å². The van der Waals surface area contributed by atoms with E-state index in [2.05, 4.69) is 9.97 Å². The van der Waals surface area contributed by atoms with Crippen LogP contribution in [0.1, 0.15) is 5.89 Å². The van der Waals surface area contributed by atoms with E-state index in [0.29, 0.717) is 30.1 Å². The Bertz CT molecular complexity index is 682. The van der Waals surface area contributed by atoms with E-state index in [4.69, 9.17) is 9.15 Å². The fraction of sp³-hybridized carbons (Fsp3) is 0.143. The summed E-state index contributed by atoms with van der Waals surface area (Å²) >= 11 is 0. The van der Waals surface area contributed by atoms with Gasteiger partial charge in [0.25, 0.3) is 0 Å². The van der Waals surface area contributed by atoms with Crippen LogP contribution in [0.5, 0.6) is 5.75 Å². The monoisotopic (exact) mass is 258 g/mol. The van der Waals surface area contributed by atoms with Gasteiger partial charge >= 0.3 is 0 Å². The second kappa shape index (κ2) is 5.06. The summed E-state index contributed by atoms with van der Waals surface area (Å²) in [5.41, 5.74) is 0.769. The van der Waals surface area contributed by atoms with Crippen LogP contribution in [0.4, 0.5) is 4.39 Å². The van der Waals surface area contributed by atoms with Gasteiger partial charge in [-0.05, 0) is 12.1 Å². The molecule has 0 atom stereocenters. The lowest BCUT2D eigenvalue weighted by Crippen LogP contribution is -2.01. The zero-order valence-electron chi connectivity index (χ0n) is 10.0. The van der Waals surface area contributed by atoms with Crippen molar-refractivity contribution in [3.63, 3.8) is 0 Å². The summed E-state index contributed by atoms with van der Waals surface area (Å²) in [4.78, 5) is 7.98. The van der Waals surface area contributed by atoms with Gasteiger partial charge in [0, 0.05) is 6.07 Å². The Morgan fingerprint density at radius 3 is 2.89 bits per heavy atom. The van der Waals surface area contributed by atoms with Gasteiger partial charge in [0.15, 0.2) is 0 Å². The molecule has 0 fully saturated rings. The summed E-state index contributed by atoms with van der Waals surface area (Å²) in [5.74, 6) is 0.861. The van der Waals surface area contributed by atoms with Gasteiger partial charge in [-0.2, -0.15) is 0 Å². The van der Waals surface area contributed by atoms with E-state index in [1.54, 1.807) is 0 Å². The first-order chi connectivity index (χ1) is 9.31. The van der Waals surface area contributed by atoms with Crippen LogP contribution in [0.25, 0.3) is 11.2 Å². The van der Waals surface area contributed by atoms with Gasteiger partial charge in [-0.25, -0.2) is 14.4 Å². The van der Waals surface area contributed by atoms with Gasteiger partial charge in [-0.15, -0.1) is 0 Å². The highest BCUT2D eigenvalue weighted by Crippen LogP contribution is 2.15. The average Bonchev–Trinajstić information content (AvgIpc) is 2.82. The number of benzene rings is 1. The van der Waals surface area contributed by atoms with E-state index >= 15 is 0 Å². The molecule has 2 aromatic heterocycles. The fourth-order valence-electron chi connectivity index (χ4n) is 1.72. The number of ether oxygens (including phenoxy) is 1. The molecule has 0 aliphatic heterocycles. The molecule has 0 radical (unpaired) electrons. The van der Waals surface area contributed by atoms with Crippen LogP contribution >= 0.6 is 0 Å². The topological polar surface area (TPSA) is 48.2 Å². The first-order valence-electron chi connectivity index (χ1n) is 5.90.